The van der Waals surface area contributed by atoms with Gasteiger partial charge in [0.05, 0.1) is 34.1 Å². The molecule has 0 unspecified atom stereocenters. The van der Waals surface area contributed by atoms with Crippen LogP contribution < -0.4 is 19.8 Å². The first-order valence-electron chi connectivity index (χ1n) is 11.7. The summed E-state index contributed by atoms with van der Waals surface area (Å²) in [4.78, 5) is 34.0. The number of carbonyl (C=O) groups excluding carboxylic acids is 1. The van der Waals surface area contributed by atoms with Gasteiger partial charge in [-0.25, -0.2) is 9.79 Å². The minimum absolute atomic E-state index is 0.187. The smallest absolute Gasteiger partial charge is 0.338 e. The zero-order chi connectivity index (χ0) is 25.4. The third-order valence-corrected chi connectivity index (χ3v) is 7.24. The Bertz CT molecular complexity index is 1490. The van der Waals surface area contributed by atoms with E-state index in [1.807, 2.05) is 74.8 Å². The van der Waals surface area contributed by atoms with Crippen LogP contribution in [0.2, 0.25) is 0 Å². The van der Waals surface area contributed by atoms with Gasteiger partial charge in [-0.05, 0) is 58.4 Å². The molecule has 0 amide bonds. The summed E-state index contributed by atoms with van der Waals surface area (Å²) in [7, 11) is 3.94. The average Bonchev–Trinajstić information content (AvgIpc) is 3.28. The third-order valence-electron chi connectivity index (χ3n) is 6.25. The van der Waals surface area contributed by atoms with Crippen molar-refractivity contribution in [2.24, 2.45) is 4.99 Å². The summed E-state index contributed by atoms with van der Waals surface area (Å²) in [6.45, 7) is 10.6. The van der Waals surface area contributed by atoms with Crippen LogP contribution in [-0.4, -0.2) is 41.0 Å². The molecule has 1 aliphatic heterocycles. The van der Waals surface area contributed by atoms with E-state index in [2.05, 4.69) is 10.1 Å². The number of aryl methyl sites for hydroxylation is 2. The Kier molecular flexibility index (Phi) is 6.80. The van der Waals surface area contributed by atoms with Crippen molar-refractivity contribution in [1.82, 2.24) is 14.3 Å². The van der Waals surface area contributed by atoms with Gasteiger partial charge in [-0.1, -0.05) is 23.5 Å². The van der Waals surface area contributed by atoms with Crippen molar-refractivity contribution < 1.29 is 9.53 Å². The van der Waals surface area contributed by atoms with Crippen molar-refractivity contribution in [1.29, 1.82) is 0 Å². The van der Waals surface area contributed by atoms with Crippen molar-refractivity contribution in [3.8, 4) is 0 Å². The largest absolute Gasteiger partial charge is 0.463 e. The molecule has 0 saturated carbocycles. The molecule has 184 valence electrons. The Labute approximate surface area is 208 Å². The van der Waals surface area contributed by atoms with E-state index in [1.54, 1.807) is 18.4 Å². The Morgan fingerprint density at radius 3 is 2.43 bits per heavy atom. The lowest BCUT2D eigenvalue weighted by Crippen LogP contribution is -2.40. The maximum Gasteiger partial charge on any atom is 0.338 e. The molecular weight excluding hydrogens is 462 g/mol. The van der Waals surface area contributed by atoms with Gasteiger partial charge < -0.3 is 9.64 Å². The maximum atomic E-state index is 13.8. The molecule has 1 aromatic carbocycles. The topological polar surface area (TPSA) is 81.7 Å². The molecule has 0 aliphatic carbocycles. The molecule has 8 nitrogen and oxygen atoms in total. The van der Waals surface area contributed by atoms with E-state index in [0.29, 0.717) is 20.6 Å². The zero-order valence-corrected chi connectivity index (χ0v) is 22.1. The molecule has 4 rings (SSSR count). The summed E-state index contributed by atoms with van der Waals surface area (Å²) < 4.78 is 9.47. The molecule has 2 aromatic heterocycles. The summed E-state index contributed by atoms with van der Waals surface area (Å²) >= 11 is 1.33. The summed E-state index contributed by atoms with van der Waals surface area (Å²) in [6.07, 6.45) is 1.89. The molecule has 0 fully saturated rings. The third kappa shape index (κ3) is 4.36. The second-order valence-electron chi connectivity index (χ2n) is 8.69. The number of rotatable bonds is 6. The summed E-state index contributed by atoms with van der Waals surface area (Å²) in [5.41, 5.74) is 5.42. The molecule has 9 heteroatoms. The SMILES string of the molecule is CCOC(=O)C1=C(C)N=c2sc(=Cc3c(C)nn(CC)c3C)c(=O)n2[C@@H]1c1ccc(N(C)C)cc1. The predicted molar refractivity (Wildman–Crippen MR) is 139 cm³/mol. The number of ether oxygens (including phenoxy) is 1. The van der Waals surface area contributed by atoms with Gasteiger partial charge in [-0.2, -0.15) is 5.10 Å². The quantitative estimate of drug-likeness (QED) is 0.493. The van der Waals surface area contributed by atoms with Crippen LogP contribution in [0.15, 0.2) is 45.3 Å². The number of anilines is 1. The van der Waals surface area contributed by atoms with Crippen LogP contribution in [0.3, 0.4) is 0 Å². The molecule has 1 aliphatic rings. The van der Waals surface area contributed by atoms with Gasteiger partial charge in [0.25, 0.3) is 5.56 Å². The summed E-state index contributed by atoms with van der Waals surface area (Å²) in [5, 5.41) is 4.57. The second-order valence-corrected chi connectivity index (χ2v) is 9.70. The van der Waals surface area contributed by atoms with Gasteiger partial charge >= 0.3 is 5.97 Å². The molecular formula is C26H31N5O3S. The van der Waals surface area contributed by atoms with Crippen LogP contribution in [-0.2, 0) is 16.1 Å². The number of nitrogens with zero attached hydrogens (tertiary/aromatic N) is 5. The first kappa shape index (κ1) is 24.7. The van der Waals surface area contributed by atoms with Crippen LogP contribution in [0.4, 0.5) is 5.69 Å². The molecule has 0 bridgehead atoms. The van der Waals surface area contributed by atoms with E-state index in [0.717, 1.165) is 34.7 Å². The van der Waals surface area contributed by atoms with Crippen molar-refractivity contribution >= 4 is 29.1 Å². The van der Waals surface area contributed by atoms with Crippen LogP contribution in [0.25, 0.3) is 6.08 Å². The highest BCUT2D eigenvalue weighted by molar-refractivity contribution is 7.07. The van der Waals surface area contributed by atoms with Crippen molar-refractivity contribution in [3.63, 3.8) is 0 Å². The fraction of sp³-hybridized carbons (Fsp3) is 0.385. The fourth-order valence-electron chi connectivity index (χ4n) is 4.42. The van der Waals surface area contributed by atoms with Crippen LogP contribution in [0.1, 0.15) is 49.3 Å². The number of esters is 1. The lowest BCUT2D eigenvalue weighted by molar-refractivity contribution is -0.139. The van der Waals surface area contributed by atoms with Gasteiger partial charge in [-0.15, -0.1) is 0 Å². The van der Waals surface area contributed by atoms with Gasteiger partial charge in [-0.3, -0.25) is 14.0 Å². The van der Waals surface area contributed by atoms with E-state index < -0.39 is 12.0 Å². The Morgan fingerprint density at radius 2 is 1.86 bits per heavy atom. The van der Waals surface area contributed by atoms with Crippen LogP contribution >= 0.6 is 11.3 Å². The molecule has 0 radical (unpaired) electrons. The van der Waals surface area contributed by atoms with Gasteiger partial charge in [0.2, 0.25) is 0 Å². The molecule has 0 spiro atoms. The minimum atomic E-state index is -0.621. The molecule has 3 aromatic rings. The highest BCUT2D eigenvalue weighted by atomic mass is 32.1. The van der Waals surface area contributed by atoms with Gasteiger partial charge in [0, 0.05) is 37.6 Å². The summed E-state index contributed by atoms with van der Waals surface area (Å²) in [5.74, 6) is -0.458. The zero-order valence-electron chi connectivity index (χ0n) is 21.2. The van der Waals surface area contributed by atoms with Gasteiger partial charge in [0.1, 0.15) is 0 Å². The number of fused-ring (bicyclic) bond motifs is 1. The predicted octanol–water partition coefficient (Wildman–Crippen LogP) is 2.70. The van der Waals surface area contributed by atoms with E-state index in [4.69, 9.17) is 4.74 Å². The van der Waals surface area contributed by atoms with E-state index >= 15 is 0 Å². The standard InChI is InChI=1S/C26H31N5O3S/c1-8-30-17(5)20(15(3)28-30)14-21-24(32)31-23(18-10-12-19(13-11-18)29(6)7)22(25(33)34-9-2)16(4)27-26(31)35-21/h10-14,23H,8-9H2,1-7H3/t23-/m1/s1. The Morgan fingerprint density at radius 1 is 1.17 bits per heavy atom. The number of allylic oxidation sites excluding steroid dienone is 1. The molecule has 3 heterocycles. The van der Waals surface area contributed by atoms with Crippen LogP contribution in [0.5, 0.6) is 0 Å². The lowest BCUT2D eigenvalue weighted by atomic mass is 9.95. The van der Waals surface area contributed by atoms with Crippen molar-refractivity contribution in [2.75, 3.05) is 25.6 Å². The molecule has 1 atom stereocenters. The number of carbonyl (C=O) groups is 1. The van der Waals surface area contributed by atoms with Crippen molar-refractivity contribution in [3.05, 3.63) is 77.7 Å². The van der Waals surface area contributed by atoms with Crippen LogP contribution in [0, 0.1) is 13.8 Å². The monoisotopic (exact) mass is 493 g/mol. The van der Waals surface area contributed by atoms with E-state index in [9.17, 15) is 9.59 Å². The first-order valence-corrected chi connectivity index (χ1v) is 12.5. The van der Waals surface area contributed by atoms with Crippen molar-refractivity contribution in [2.45, 2.75) is 47.2 Å². The van der Waals surface area contributed by atoms with Gasteiger partial charge in [0.15, 0.2) is 4.80 Å². The van der Waals surface area contributed by atoms with E-state index in [1.165, 1.54) is 11.3 Å². The molecule has 0 saturated heterocycles. The van der Waals surface area contributed by atoms with E-state index in [-0.39, 0.29) is 12.2 Å². The molecule has 35 heavy (non-hydrogen) atoms. The highest BCUT2D eigenvalue weighted by Crippen LogP contribution is 2.31. The second kappa shape index (κ2) is 9.65. The fourth-order valence-corrected chi connectivity index (χ4v) is 5.45. The normalized spacial score (nSPS) is 15.7. The lowest BCUT2D eigenvalue weighted by Gasteiger charge is -2.25. The maximum absolute atomic E-state index is 13.8. The summed E-state index contributed by atoms with van der Waals surface area (Å²) in [6, 6.07) is 7.25. The minimum Gasteiger partial charge on any atom is -0.463 e. The Hall–Kier alpha value is -3.46. The Balaban J connectivity index is 1.95. The highest BCUT2D eigenvalue weighted by Gasteiger charge is 2.33. The number of hydrogen-bond donors (Lipinski definition) is 0. The number of hydrogen-bond acceptors (Lipinski definition) is 7. The number of benzene rings is 1. The number of aromatic nitrogens is 3. The number of thiazole rings is 1. The average molecular weight is 494 g/mol. The molecule has 0 N–H and O–H groups in total. The first-order chi connectivity index (χ1) is 16.7.